The Labute approximate surface area is 111 Å². The molecule has 0 radical (unpaired) electrons. The monoisotopic (exact) mass is 271 g/mol. The van der Waals surface area contributed by atoms with Crippen LogP contribution < -0.4 is 5.32 Å². The van der Waals surface area contributed by atoms with Crippen LogP contribution in [0.4, 0.5) is 0 Å². The first-order valence-corrected chi connectivity index (χ1v) is 9.43. The molecule has 0 saturated heterocycles. The highest BCUT2D eigenvalue weighted by Crippen LogP contribution is 2.55. The van der Waals surface area contributed by atoms with Gasteiger partial charge in [-0.15, -0.1) is 0 Å². The number of rotatable bonds is 5. The van der Waals surface area contributed by atoms with Gasteiger partial charge in [-0.1, -0.05) is 0 Å². The number of nitrogens with one attached hydrogen (secondary N) is 1. The normalized spacial score (nSPS) is 42.4. The maximum Gasteiger partial charge on any atom is 0.147 e. The number of hydrogen-bond donors (Lipinski definition) is 1. The molecule has 0 amide bonds. The van der Waals surface area contributed by atoms with Crippen molar-refractivity contribution in [1.82, 2.24) is 5.32 Å². The van der Waals surface area contributed by atoms with Crippen LogP contribution in [0.2, 0.25) is 0 Å². The quantitative estimate of drug-likeness (QED) is 0.778. The van der Waals surface area contributed by atoms with Crippen LogP contribution in [0, 0.1) is 17.8 Å². The summed E-state index contributed by atoms with van der Waals surface area (Å²) in [5, 5.41) is 3.74. The van der Waals surface area contributed by atoms with Gasteiger partial charge in [0.05, 0.1) is 5.75 Å². The van der Waals surface area contributed by atoms with Crippen LogP contribution in [0.15, 0.2) is 0 Å². The van der Waals surface area contributed by atoms with E-state index in [1.54, 1.807) is 0 Å². The van der Waals surface area contributed by atoms with Crippen molar-refractivity contribution in [3.8, 4) is 0 Å². The molecule has 104 valence electrons. The molecule has 0 aliphatic heterocycles. The molecule has 4 heteroatoms. The topological polar surface area (TPSA) is 46.2 Å². The Kier molecular flexibility index (Phi) is 3.22. The van der Waals surface area contributed by atoms with Gasteiger partial charge in [-0.3, -0.25) is 0 Å². The third-order valence-electron chi connectivity index (χ3n) is 5.23. The van der Waals surface area contributed by atoms with E-state index in [0.29, 0.717) is 11.3 Å². The molecule has 3 nitrogen and oxygen atoms in total. The SMILES string of the molecule is CS(=O)(=O)CCCNC12CC3CC(CC(C3)C1)C2. The Morgan fingerprint density at radius 2 is 1.56 bits per heavy atom. The van der Waals surface area contributed by atoms with Crippen molar-refractivity contribution < 1.29 is 8.42 Å². The molecule has 0 aromatic heterocycles. The molecule has 4 rings (SSSR count). The summed E-state index contributed by atoms with van der Waals surface area (Å²) in [6.07, 6.45) is 10.5. The highest BCUT2D eigenvalue weighted by atomic mass is 32.2. The smallest absolute Gasteiger partial charge is 0.147 e. The Hall–Kier alpha value is -0.0900. The first-order valence-electron chi connectivity index (χ1n) is 7.37. The lowest BCUT2D eigenvalue weighted by molar-refractivity contribution is -0.0193. The predicted molar refractivity (Wildman–Crippen MR) is 73.2 cm³/mol. The minimum Gasteiger partial charge on any atom is -0.311 e. The summed E-state index contributed by atoms with van der Waals surface area (Å²) in [6, 6.07) is 0. The summed E-state index contributed by atoms with van der Waals surface area (Å²) in [4.78, 5) is 0. The molecule has 0 spiro atoms. The van der Waals surface area contributed by atoms with Gasteiger partial charge in [0.2, 0.25) is 0 Å². The standard InChI is InChI=1S/C14H25NO2S/c1-18(16,17)4-2-3-15-14-8-11-5-12(9-14)7-13(6-11)10-14/h11-13,15H,2-10H2,1H3. The minimum atomic E-state index is -2.79. The van der Waals surface area contributed by atoms with Gasteiger partial charge in [0.15, 0.2) is 0 Å². The molecule has 4 saturated carbocycles. The maximum atomic E-state index is 11.1. The van der Waals surface area contributed by atoms with Gasteiger partial charge in [-0.05, 0) is 69.2 Å². The lowest BCUT2D eigenvalue weighted by Gasteiger charge is -2.57. The zero-order valence-corrected chi connectivity index (χ0v) is 12.1. The molecule has 4 aliphatic rings. The predicted octanol–water partition coefficient (Wildman–Crippen LogP) is 1.98. The van der Waals surface area contributed by atoms with Crippen LogP contribution >= 0.6 is 0 Å². The first-order chi connectivity index (χ1) is 8.44. The van der Waals surface area contributed by atoms with E-state index in [-0.39, 0.29) is 0 Å². The summed E-state index contributed by atoms with van der Waals surface area (Å²) in [5.41, 5.74) is 0.381. The Bertz CT molecular complexity index is 380. The molecule has 0 aromatic carbocycles. The molecule has 4 fully saturated rings. The third kappa shape index (κ3) is 2.74. The summed E-state index contributed by atoms with van der Waals surface area (Å²) >= 11 is 0. The van der Waals surface area contributed by atoms with Crippen LogP contribution in [-0.4, -0.2) is 32.5 Å². The molecular weight excluding hydrogens is 246 g/mol. The molecular formula is C14H25NO2S. The van der Waals surface area contributed by atoms with Crippen molar-refractivity contribution in [2.75, 3.05) is 18.6 Å². The number of sulfone groups is 1. The van der Waals surface area contributed by atoms with Crippen molar-refractivity contribution >= 4 is 9.84 Å². The van der Waals surface area contributed by atoms with Gasteiger partial charge < -0.3 is 5.32 Å². The van der Waals surface area contributed by atoms with Crippen molar-refractivity contribution in [3.63, 3.8) is 0 Å². The van der Waals surface area contributed by atoms with Crippen LogP contribution in [0.5, 0.6) is 0 Å². The molecule has 1 N–H and O–H groups in total. The van der Waals surface area contributed by atoms with Gasteiger partial charge in [0.25, 0.3) is 0 Å². The first kappa shape index (κ1) is 12.9. The van der Waals surface area contributed by atoms with E-state index in [1.807, 2.05) is 0 Å². The fourth-order valence-electron chi connectivity index (χ4n) is 5.02. The van der Waals surface area contributed by atoms with Gasteiger partial charge in [-0.2, -0.15) is 0 Å². The van der Waals surface area contributed by atoms with Crippen molar-refractivity contribution in [1.29, 1.82) is 0 Å². The van der Waals surface area contributed by atoms with E-state index in [4.69, 9.17) is 0 Å². The minimum absolute atomic E-state index is 0.326. The Balaban J connectivity index is 1.53. The summed E-state index contributed by atoms with van der Waals surface area (Å²) < 4.78 is 22.3. The Morgan fingerprint density at radius 3 is 2.00 bits per heavy atom. The molecule has 0 aromatic rings. The summed E-state index contributed by atoms with van der Waals surface area (Å²) in [7, 11) is -2.79. The van der Waals surface area contributed by atoms with Crippen molar-refractivity contribution in [2.45, 2.75) is 50.5 Å². The lowest BCUT2D eigenvalue weighted by Crippen LogP contribution is -2.58. The molecule has 18 heavy (non-hydrogen) atoms. The molecule has 0 heterocycles. The zero-order chi connectivity index (χ0) is 12.8. The van der Waals surface area contributed by atoms with E-state index < -0.39 is 9.84 Å². The van der Waals surface area contributed by atoms with Crippen LogP contribution in [0.25, 0.3) is 0 Å². The average Bonchev–Trinajstić information content (AvgIpc) is 2.21. The second-order valence-electron chi connectivity index (χ2n) is 7.11. The Morgan fingerprint density at radius 1 is 1.06 bits per heavy atom. The fraction of sp³-hybridized carbons (Fsp3) is 1.00. The molecule has 0 atom stereocenters. The van der Waals surface area contributed by atoms with E-state index in [2.05, 4.69) is 5.32 Å². The zero-order valence-electron chi connectivity index (χ0n) is 11.3. The van der Waals surface area contributed by atoms with Gasteiger partial charge in [-0.25, -0.2) is 8.42 Å². The van der Waals surface area contributed by atoms with Crippen LogP contribution in [0.3, 0.4) is 0 Å². The van der Waals surface area contributed by atoms with E-state index in [0.717, 1.165) is 30.7 Å². The molecule has 0 unspecified atom stereocenters. The third-order valence-corrected chi connectivity index (χ3v) is 6.26. The largest absolute Gasteiger partial charge is 0.311 e. The lowest BCUT2D eigenvalue weighted by atomic mass is 9.53. The van der Waals surface area contributed by atoms with E-state index in [1.165, 1.54) is 44.8 Å². The molecule has 4 aliphatic carbocycles. The van der Waals surface area contributed by atoms with Gasteiger partial charge in [0, 0.05) is 11.8 Å². The highest BCUT2D eigenvalue weighted by Gasteiger charge is 2.50. The fourth-order valence-corrected chi connectivity index (χ4v) is 5.68. The second-order valence-corrected chi connectivity index (χ2v) is 9.37. The van der Waals surface area contributed by atoms with E-state index >= 15 is 0 Å². The molecule has 4 bridgehead atoms. The van der Waals surface area contributed by atoms with Crippen LogP contribution in [0.1, 0.15) is 44.9 Å². The average molecular weight is 271 g/mol. The van der Waals surface area contributed by atoms with Gasteiger partial charge in [0.1, 0.15) is 9.84 Å². The maximum absolute atomic E-state index is 11.1. The van der Waals surface area contributed by atoms with Crippen molar-refractivity contribution in [2.24, 2.45) is 17.8 Å². The summed E-state index contributed by atoms with van der Waals surface area (Å²) in [6.45, 7) is 0.874. The highest BCUT2D eigenvalue weighted by molar-refractivity contribution is 7.90. The van der Waals surface area contributed by atoms with E-state index in [9.17, 15) is 8.42 Å². The van der Waals surface area contributed by atoms with Crippen LogP contribution in [-0.2, 0) is 9.84 Å². The number of hydrogen-bond acceptors (Lipinski definition) is 3. The van der Waals surface area contributed by atoms with Gasteiger partial charge >= 0.3 is 0 Å². The summed E-state index contributed by atoms with van der Waals surface area (Å²) in [5.74, 6) is 3.20. The van der Waals surface area contributed by atoms with Crippen molar-refractivity contribution in [3.05, 3.63) is 0 Å². The second kappa shape index (κ2) is 4.48.